The molecule has 0 radical (unpaired) electrons. The predicted molar refractivity (Wildman–Crippen MR) is 226 cm³/mol. The average Bonchev–Trinajstić information content (AvgIpc) is 3.89. The van der Waals surface area contributed by atoms with E-state index in [-0.39, 0.29) is 0 Å². The molecule has 5 heteroatoms. The van der Waals surface area contributed by atoms with Gasteiger partial charge in [-0.05, 0) is 83.9 Å². The van der Waals surface area contributed by atoms with Crippen molar-refractivity contribution in [2.24, 2.45) is 0 Å². The van der Waals surface area contributed by atoms with Gasteiger partial charge in [-0.2, -0.15) is 5.26 Å². The minimum Gasteiger partial charge on any atom is -0.309 e. The molecule has 0 atom stereocenters. The van der Waals surface area contributed by atoms with Crippen LogP contribution in [0.1, 0.15) is 5.56 Å². The van der Waals surface area contributed by atoms with E-state index in [4.69, 9.17) is 6.57 Å². The first-order chi connectivity index (χ1) is 27.2. The van der Waals surface area contributed by atoms with E-state index >= 15 is 0 Å². The molecule has 0 aliphatic heterocycles. The van der Waals surface area contributed by atoms with E-state index in [1.165, 1.54) is 32.6 Å². The molecule has 0 fully saturated rings. The van der Waals surface area contributed by atoms with Crippen molar-refractivity contribution >= 4 is 71.1 Å². The summed E-state index contributed by atoms with van der Waals surface area (Å²) in [6.45, 7) is 7.88. The smallest absolute Gasteiger partial charge is 0.188 e. The summed E-state index contributed by atoms with van der Waals surface area (Å²) in [4.78, 5) is 3.82. The predicted octanol–water partition coefficient (Wildman–Crippen LogP) is 13.1. The summed E-state index contributed by atoms with van der Waals surface area (Å²) in [5.41, 5.74) is 12.9. The van der Waals surface area contributed by atoms with Gasteiger partial charge < -0.3 is 13.7 Å². The summed E-state index contributed by atoms with van der Waals surface area (Å²) in [7, 11) is 0. The van der Waals surface area contributed by atoms with Gasteiger partial charge in [-0.15, -0.1) is 0 Å². The number of hydrogen-bond acceptors (Lipinski definition) is 1. The van der Waals surface area contributed by atoms with Gasteiger partial charge >= 0.3 is 0 Å². The lowest BCUT2D eigenvalue weighted by Gasteiger charge is -2.16. The minimum absolute atomic E-state index is 0.571. The first-order valence-corrected chi connectivity index (χ1v) is 18.3. The fourth-order valence-corrected chi connectivity index (χ4v) is 8.76. The van der Waals surface area contributed by atoms with Crippen LogP contribution in [0.3, 0.4) is 0 Å². The highest BCUT2D eigenvalue weighted by Crippen LogP contribution is 2.41. The van der Waals surface area contributed by atoms with Crippen molar-refractivity contribution in [3.05, 3.63) is 193 Å². The second-order valence-electron chi connectivity index (χ2n) is 13.9. The van der Waals surface area contributed by atoms with Crippen molar-refractivity contribution in [1.29, 1.82) is 5.26 Å². The van der Waals surface area contributed by atoms with E-state index in [2.05, 4.69) is 158 Å². The molecule has 0 amide bonds. The molecule has 5 nitrogen and oxygen atoms in total. The summed E-state index contributed by atoms with van der Waals surface area (Å²) in [5.74, 6) is 0. The van der Waals surface area contributed by atoms with Crippen molar-refractivity contribution in [3.8, 4) is 34.3 Å². The number of fused-ring (bicyclic) bond motifs is 9. The van der Waals surface area contributed by atoms with Crippen LogP contribution in [-0.2, 0) is 0 Å². The van der Waals surface area contributed by atoms with E-state index in [9.17, 15) is 5.26 Å². The van der Waals surface area contributed by atoms with Crippen LogP contribution in [0.15, 0.2) is 176 Å². The first kappa shape index (κ1) is 30.7. The van der Waals surface area contributed by atoms with E-state index in [1.807, 2.05) is 42.5 Å². The van der Waals surface area contributed by atoms with E-state index in [0.29, 0.717) is 11.3 Å². The molecule has 0 saturated carbocycles. The molecule has 0 aliphatic carbocycles. The number of hydrogen-bond donors (Lipinski definition) is 0. The number of nitriles is 1. The molecule has 11 aromatic rings. The lowest BCUT2D eigenvalue weighted by Crippen LogP contribution is -1.98. The van der Waals surface area contributed by atoms with Gasteiger partial charge in [0.2, 0.25) is 0 Å². The molecule has 55 heavy (non-hydrogen) atoms. The zero-order valence-electron chi connectivity index (χ0n) is 29.5. The monoisotopic (exact) mass is 699 g/mol. The Morgan fingerprint density at radius 3 is 1.58 bits per heavy atom. The Balaban J connectivity index is 1.11. The maximum atomic E-state index is 10.1. The van der Waals surface area contributed by atoms with Gasteiger partial charge in [0.1, 0.15) is 0 Å². The number of rotatable bonds is 4. The number of para-hydroxylation sites is 4. The lowest BCUT2D eigenvalue weighted by molar-refractivity contribution is 1.15. The summed E-state index contributed by atoms with van der Waals surface area (Å²) in [6, 6.07) is 63.8. The number of nitrogens with zero attached hydrogens (tertiary/aromatic N) is 5. The van der Waals surface area contributed by atoms with Crippen LogP contribution in [0.25, 0.3) is 98.5 Å². The number of benzene rings is 8. The Bertz CT molecular complexity index is 3400. The highest BCUT2D eigenvalue weighted by Gasteiger charge is 2.20. The molecule has 0 unspecified atom stereocenters. The molecular weight excluding hydrogens is 671 g/mol. The molecule has 3 heterocycles. The topological polar surface area (TPSA) is 42.9 Å². The Morgan fingerprint density at radius 1 is 0.436 bits per heavy atom. The first-order valence-electron chi connectivity index (χ1n) is 18.3. The third-order valence-electron chi connectivity index (χ3n) is 11.1. The summed E-state index contributed by atoms with van der Waals surface area (Å²) >= 11 is 0. The van der Waals surface area contributed by atoms with Crippen LogP contribution in [0.2, 0.25) is 0 Å². The Labute approximate surface area is 316 Å². The molecular formula is C50H29N5. The Hall–Kier alpha value is -7.86. The standard InChI is InChI=1S/C50H29N5/c1-52-34-23-28-47(55-46-19-9-5-15-41(46)50-33(31-51)11-10-20-48(50)55)42(29-34)32-21-24-35(25-22-32)53-43-16-6-4-14-39(43)40-27-26-36(30-49(40)53)54-44-17-7-2-12-37(44)38-13-3-8-18-45(38)54/h2-30H. The van der Waals surface area contributed by atoms with E-state index in [0.717, 1.165) is 61.0 Å². The zero-order chi connectivity index (χ0) is 36.6. The second-order valence-corrected chi connectivity index (χ2v) is 13.9. The maximum absolute atomic E-state index is 10.1. The van der Waals surface area contributed by atoms with Crippen LogP contribution in [0.5, 0.6) is 0 Å². The molecule has 0 saturated heterocycles. The van der Waals surface area contributed by atoms with Gasteiger partial charge in [-0.25, -0.2) is 4.85 Å². The largest absolute Gasteiger partial charge is 0.309 e. The fraction of sp³-hybridized carbons (Fsp3) is 0. The number of aromatic nitrogens is 3. The quantitative estimate of drug-likeness (QED) is 0.169. The van der Waals surface area contributed by atoms with Gasteiger partial charge in [0.25, 0.3) is 0 Å². The third-order valence-corrected chi connectivity index (χ3v) is 11.1. The van der Waals surface area contributed by atoms with Gasteiger partial charge in [0, 0.05) is 43.7 Å². The van der Waals surface area contributed by atoms with Crippen molar-refractivity contribution in [1.82, 2.24) is 13.7 Å². The molecule has 254 valence electrons. The average molecular weight is 700 g/mol. The van der Waals surface area contributed by atoms with E-state index < -0.39 is 0 Å². The summed E-state index contributed by atoms with van der Waals surface area (Å²) < 4.78 is 6.96. The van der Waals surface area contributed by atoms with Crippen LogP contribution < -0.4 is 0 Å². The van der Waals surface area contributed by atoms with Gasteiger partial charge in [0.15, 0.2) is 5.69 Å². The highest BCUT2D eigenvalue weighted by atomic mass is 15.0. The van der Waals surface area contributed by atoms with Crippen molar-refractivity contribution in [2.75, 3.05) is 0 Å². The second kappa shape index (κ2) is 11.8. The third kappa shape index (κ3) is 4.45. The summed E-state index contributed by atoms with van der Waals surface area (Å²) in [5, 5.41) is 16.9. The molecule has 0 bridgehead atoms. The fourth-order valence-electron chi connectivity index (χ4n) is 8.76. The minimum atomic E-state index is 0.571. The van der Waals surface area contributed by atoms with Crippen LogP contribution in [0, 0.1) is 17.9 Å². The van der Waals surface area contributed by atoms with Crippen LogP contribution in [-0.4, -0.2) is 13.7 Å². The van der Waals surface area contributed by atoms with E-state index in [1.54, 1.807) is 0 Å². The van der Waals surface area contributed by atoms with Crippen molar-refractivity contribution in [3.63, 3.8) is 0 Å². The Kier molecular flexibility index (Phi) is 6.61. The zero-order valence-corrected chi connectivity index (χ0v) is 29.5. The lowest BCUT2D eigenvalue weighted by atomic mass is 10.0. The maximum Gasteiger partial charge on any atom is 0.188 e. The normalized spacial score (nSPS) is 11.6. The molecule has 3 aromatic heterocycles. The molecule has 0 N–H and O–H groups in total. The molecule has 0 aliphatic rings. The molecule has 8 aromatic carbocycles. The van der Waals surface area contributed by atoms with Crippen LogP contribution >= 0.6 is 0 Å². The summed E-state index contributed by atoms with van der Waals surface area (Å²) in [6.07, 6.45) is 0. The highest BCUT2D eigenvalue weighted by molar-refractivity contribution is 6.13. The van der Waals surface area contributed by atoms with Gasteiger partial charge in [0.05, 0.1) is 57.0 Å². The molecule has 11 rings (SSSR count). The van der Waals surface area contributed by atoms with Crippen molar-refractivity contribution < 1.29 is 0 Å². The van der Waals surface area contributed by atoms with Crippen molar-refractivity contribution in [2.45, 2.75) is 0 Å². The SMILES string of the molecule is [C-]#[N+]c1ccc(-n2c3ccccc3c3c(C#N)cccc32)c(-c2ccc(-n3c4ccccc4c4ccc(-n5c6ccccc6c6ccccc65)cc43)cc2)c1. The molecule has 0 spiro atoms. The van der Waals surface area contributed by atoms with Gasteiger partial charge in [-0.1, -0.05) is 103 Å². The van der Waals surface area contributed by atoms with Gasteiger partial charge in [-0.3, -0.25) is 0 Å². The van der Waals surface area contributed by atoms with Crippen LogP contribution in [0.4, 0.5) is 5.69 Å². The Morgan fingerprint density at radius 2 is 0.964 bits per heavy atom.